The van der Waals surface area contributed by atoms with Gasteiger partial charge in [0.15, 0.2) is 0 Å². The second-order valence-corrected chi connectivity index (χ2v) is 9.10. The summed E-state index contributed by atoms with van der Waals surface area (Å²) in [5.74, 6) is 1.54. The summed E-state index contributed by atoms with van der Waals surface area (Å²) in [5, 5.41) is 7.96. The minimum absolute atomic E-state index is 0.0663. The molecule has 1 aliphatic heterocycles. The van der Waals surface area contributed by atoms with E-state index in [-0.39, 0.29) is 23.8 Å². The number of thiophene rings is 1. The molecular weight excluding hydrogens is 374 g/mol. The molecule has 1 saturated carbocycles. The third kappa shape index (κ3) is 3.61. The van der Waals surface area contributed by atoms with Crippen molar-refractivity contribution < 1.29 is 9.59 Å². The van der Waals surface area contributed by atoms with Crippen molar-refractivity contribution in [2.24, 2.45) is 5.92 Å². The van der Waals surface area contributed by atoms with Crippen molar-refractivity contribution in [3.8, 4) is 9.88 Å². The van der Waals surface area contributed by atoms with E-state index >= 15 is 0 Å². The lowest BCUT2D eigenvalue weighted by Gasteiger charge is -2.31. The van der Waals surface area contributed by atoms with Crippen LogP contribution in [-0.2, 0) is 16.1 Å². The first-order valence-electron chi connectivity index (χ1n) is 8.36. The Hall–Kier alpha value is -1.38. The van der Waals surface area contributed by atoms with Crippen molar-refractivity contribution in [1.82, 2.24) is 15.2 Å². The molecule has 2 aliphatic rings. The van der Waals surface area contributed by atoms with Crippen LogP contribution in [0.2, 0.25) is 0 Å². The molecule has 0 bridgehead atoms. The lowest BCUT2D eigenvalue weighted by molar-refractivity contribution is -0.143. The zero-order valence-electron chi connectivity index (χ0n) is 13.6. The summed E-state index contributed by atoms with van der Waals surface area (Å²) < 4.78 is 0. The molecule has 8 heteroatoms. The summed E-state index contributed by atoms with van der Waals surface area (Å²) in [6.07, 6.45) is 3.07. The number of aromatic nitrogens is 1. The highest BCUT2D eigenvalue weighted by atomic mass is 32.2. The Morgan fingerprint density at radius 2 is 2.20 bits per heavy atom. The second-order valence-electron chi connectivity index (χ2n) is 6.29. The van der Waals surface area contributed by atoms with Gasteiger partial charge in [0, 0.05) is 17.1 Å². The molecule has 5 nitrogen and oxygen atoms in total. The molecular formula is C17H19N3O2S3. The smallest absolute Gasteiger partial charge is 0.244 e. The van der Waals surface area contributed by atoms with Gasteiger partial charge in [-0.25, -0.2) is 4.98 Å². The number of carbonyl (C=O) groups is 2. The molecule has 1 atom stereocenters. The van der Waals surface area contributed by atoms with Crippen molar-refractivity contribution in [3.63, 3.8) is 0 Å². The molecule has 25 heavy (non-hydrogen) atoms. The summed E-state index contributed by atoms with van der Waals surface area (Å²) in [6.45, 7) is 0.410. The van der Waals surface area contributed by atoms with Gasteiger partial charge in [0.2, 0.25) is 11.8 Å². The van der Waals surface area contributed by atoms with E-state index in [1.165, 1.54) is 0 Å². The van der Waals surface area contributed by atoms with Crippen LogP contribution in [0.3, 0.4) is 0 Å². The van der Waals surface area contributed by atoms with E-state index in [1.807, 2.05) is 22.9 Å². The Balaban J connectivity index is 1.34. The normalized spacial score (nSPS) is 20.5. The van der Waals surface area contributed by atoms with Gasteiger partial charge in [-0.3, -0.25) is 9.59 Å². The number of thioether (sulfide) groups is 1. The Labute approximate surface area is 158 Å². The van der Waals surface area contributed by atoms with E-state index < -0.39 is 0 Å². The van der Waals surface area contributed by atoms with Gasteiger partial charge in [-0.15, -0.1) is 34.4 Å². The first-order valence-corrected chi connectivity index (χ1v) is 11.3. The van der Waals surface area contributed by atoms with Crippen LogP contribution in [0.1, 0.15) is 25.0 Å². The highest BCUT2D eigenvalue weighted by molar-refractivity contribution is 7.99. The van der Waals surface area contributed by atoms with Gasteiger partial charge >= 0.3 is 0 Å². The van der Waals surface area contributed by atoms with Gasteiger partial charge in [0.1, 0.15) is 11.0 Å². The Kier molecular flexibility index (Phi) is 5.10. The number of carbonyl (C=O) groups excluding carboxylic acids is 2. The van der Waals surface area contributed by atoms with Gasteiger partial charge in [-0.05, 0) is 24.3 Å². The molecule has 3 heterocycles. The fraction of sp³-hybridized carbons (Fsp3) is 0.471. The number of nitrogens with zero attached hydrogens (tertiary/aromatic N) is 2. The van der Waals surface area contributed by atoms with Crippen molar-refractivity contribution in [3.05, 3.63) is 28.6 Å². The molecule has 1 saturated heterocycles. The number of hydrogen-bond acceptors (Lipinski definition) is 6. The maximum absolute atomic E-state index is 12.6. The highest BCUT2D eigenvalue weighted by Crippen LogP contribution is 2.32. The van der Waals surface area contributed by atoms with Crippen molar-refractivity contribution >= 4 is 46.2 Å². The van der Waals surface area contributed by atoms with Crippen LogP contribution in [-0.4, -0.2) is 39.4 Å². The molecule has 1 aliphatic carbocycles. The lowest BCUT2D eigenvalue weighted by atomic mass is 9.84. The molecule has 2 aromatic rings. The number of hydrogen-bond donors (Lipinski definition) is 1. The number of thiazole rings is 1. The van der Waals surface area contributed by atoms with Crippen LogP contribution >= 0.6 is 34.4 Å². The minimum Gasteiger partial charge on any atom is -0.349 e. The molecule has 0 radical (unpaired) electrons. The summed E-state index contributed by atoms with van der Waals surface area (Å²) >= 11 is 4.91. The van der Waals surface area contributed by atoms with E-state index in [1.54, 1.807) is 39.3 Å². The van der Waals surface area contributed by atoms with Gasteiger partial charge in [0.25, 0.3) is 0 Å². The highest BCUT2D eigenvalue weighted by Gasteiger charge is 2.39. The zero-order chi connectivity index (χ0) is 17.2. The van der Waals surface area contributed by atoms with Crippen LogP contribution in [0.15, 0.2) is 22.9 Å². The number of amides is 2. The zero-order valence-corrected chi connectivity index (χ0v) is 16.1. The average molecular weight is 394 g/mol. The summed E-state index contributed by atoms with van der Waals surface area (Å²) in [4.78, 5) is 32.5. The van der Waals surface area contributed by atoms with Crippen LogP contribution < -0.4 is 5.32 Å². The van der Waals surface area contributed by atoms with E-state index in [0.29, 0.717) is 18.2 Å². The first-order chi connectivity index (χ1) is 12.2. The molecule has 0 unspecified atom stereocenters. The molecule has 2 aromatic heterocycles. The molecule has 0 aromatic carbocycles. The molecule has 4 rings (SSSR count). The fourth-order valence-corrected chi connectivity index (χ4v) is 5.76. The van der Waals surface area contributed by atoms with Gasteiger partial charge < -0.3 is 10.2 Å². The quantitative estimate of drug-likeness (QED) is 0.847. The summed E-state index contributed by atoms with van der Waals surface area (Å²) in [6, 6.07) is 3.72. The van der Waals surface area contributed by atoms with Crippen molar-refractivity contribution in [1.29, 1.82) is 0 Å². The summed E-state index contributed by atoms with van der Waals surface area (Å²) in [5.41, 5.74) is 0.865. The molecule has 2 amide bonds. The topological polar surface area (TPSA) is 62.3 Å². The maximum atomic E-state index is 12.6. The molecule has 1 N–H and O–H groups in total. The van der Waals surface area contributed by atoms with Crippen molar-refractivity contribution in [2.75, 3.05) is 11.6 Å². The third-order valence-corrected chi connectivity index (χ3v) is 7.59. The predicted molar refractivity (Wildman–Crippen MR) is 103 cm³/mol. The molecule has 132 valence electrons. The predicted octanol–water partition coefficient (Wildman–Crippen LogP) is 3.19. The number of nitrogens with one attached hydrogen (secondary N) is 1. The SMILES string of the molecule is O=C(NCc1csc(-c2cccs2)n1)[C@H]1CSCN1C(=O)C1CCC1. The molecule has 2 fully saturated rings. The Morgan fingerprint density at radius 3 is 2.92 bits per heavy atom. The van der Waals surface area contributed by atoms with Crippen LogP contribution in [0.25, 0.3) is 9.88 Å². The lowest BCUT2D eigenvalue weighted by Crippen LogP contribution is -2.49. The van der Waals surface area contributed by atoms with E-state index in [9.17, 15) is 9.59 Å². The van der Waals surface area contributed by atoms with Crippen LogP contribution in [0.5, 0.6) is 0 Å². The Bertz CT molecular complexity index is 755. The van der Waals surface area contributed by atoms with E-state index in [4.69, 9.17) is 0 Å². The number of rotatable bonds is 5. The third-order valence-electron chi connectivity index (χ3n) is 4.65. The van der Waals surface area contributed by atoms with Crippen molar-refractivity contribution in [2.45, 2.75) is 31.8 Å². The van der Waals surface area contributed by atoms with Gasteiger partial charge in [-0.1, -0.05) is 12.5 Å². The maximum Gasteiger partial charge on any atom is 0.244 e. The fourth-order valence-electron chi connectivity index (χ4n) is 2.96. The second kappa shape index (κ2) is 7.47. The monoisotopic (exact) mass is 393 g/mol. The van der Waals surface area contributed by atoms with Gasteiger partial charge in [0.05, 0.1) is 23.0 Å². The standard InChI is InChI=1S/C17H19N3O2S3/c21-15(13-9-23-10-20(13)17(22)11-3-1-4-11)18-7-12-8-25-16(19-12)14-5-2-6-24-14/h2,5-6,8,11,13H,1,3-4,7,9-10H2,(H,18,21)/t13-/m1/s1. The van der Waals surface area contributed by atoms with Gasteiger partial charge in [-0.2, -0.15) is 0 Å². The average Bonchev–Trinajstić information content (AvgIpc) is 3.31. The first kappa shape index (κ1) is 17.1. The summed E-state index contributed by atoms with van der Waals surface area (Å²) in [7, 11) is 0. The Morgan fingerprint density at radius 1 is 1.32 bits per heavy atom. The van der Waals surface area contributed by atoms with E-state index in [2.05, 4.69) is 10.3 Å². The van der Waals surface area contributed by atoms with E-state index in [0.717, 1.165) is 34.8 Å². The largest absolute Gasteiger partial charge is 0.349 e. The van der Waals surface area contributed by atoms with Crippen LogP contribution in [0.4, 0.5) is 0 Å². The van der Waals surface area contributed by atoms with Crippen LogP contribution in [0, 0.1) is 5.92 Å². The molecule has 0 spiro atoms. The minimum atomic E-state index is -0.339.